The van der Waals surface area contributed by atoms with Gasteiger partial charge in [0.1, 0.15) is 5.69 Å². The van der Waals surface area contributed by atoms with E-state index in [-0.39, 0.29) is 23.6 Å². The first kappa shape index (κ1) is 17.9. The van der Waals surface area contributed by atoms with Crippen LogP contribution >= 0.6 is 0 Å². The molecule has 4 fully saturated rings. The van der Waals surface area contributed by atoms with Gasteiger partial charge in [0.2, 0.25) is 5.91 Å². The summed E-state index contributed by atoms with van der Waals surface area (Å²) in [6, 6.07) is 0. The van der Waals surface area contributed by atoms with E-state index in [2.05, 4.69) is 26.1 Å². The topological polar surface area (TPSA) is 113 Å². The molecule has 4 aliphatic rings. The van der Waals surface area contributed by atoms with E-state index in [1.165, 1.54) is 37.9 Å². The van der Waals surface area contributed by atoms with Gasteiger partial charge in [0, 0.05) is 18.8 Å². The van der Waals surface area contributed by atoms with Crippen LogP contribution in [0.25, 0.3) is 0 Å². The highest BCUT2D eigenvalue weighted by Crippen LogP contribution is 2.61. The molecular weight excluding hydrogens is 346 g/mol. The molecule has 4 saturated carbocycles. The van der Waals surface area contributed by atoms with Crippen molar-refractivity contribution in [1.82, 2.24) is 26.1 Å². The molecule has 1 heterocycles. The van der Waals surface area contributed by atoms with Crippen LogP contribution < -0.4 is 16.2 Å². The van der Waals surface area contributed by atoms with Gasteiger partial charge >= 0.3 is 0 Å². The Bertz CT molecular complexity index is 701. The van der Waals surface area contributed by atoms with Crippen molar-refractivity contribution in [1.29, 1.82) is 0 Å². The standard InChI is InChI=1S/C19H25N5O3/c25-16(9-19-6-12-3-13(7-19)5-14(4-12)8-19)22-11-17(26)23-24-18(27)15-10-20-1-2-21-15/h1-2,10,12-14H,3-9,11H2,(H,22,25)(H,23,26)(H,24,27). The van der Waals surface area contributed by atoms with Gasteiger partial charge in [-0.05, 0) is 61.7 Å². The molecule has 0 aromatic carbocycles. The van der Waals surface area contributed by atoms with Gasteiger partial charge in [-0.25, -0.2) is 4.98 Å². The molecule has 0 aliphatic heterocycles. The summed E-state index contributed by atoms with van der Waals surface area (Å²) in [5.74, 6) is 1.27. The second kappa shape index (κ2) is 7.25. The molecule has 4 bridgehead atoms. The first-order valence-corrected chi connectivity index (χ1v) is 9.63. The molecule has 1 aromatic heterocycles. The van der Waals surface area contributed by atoms with E-state index in [0.29, 0.717) is 6.42 Å². The van der Waals surface area contributed by atoms with Crippen molar-refractivity contribution in [3.63, 3.8) is 0 Å². The molecule has 8 nitrogen and oxygen atoms in total. The van der Waals surface area contributed by atoms with E-state index in [4.69, 9.17) is 0 Å². The molecule has 0 unspecified atom stereocenters. The lowest BCUT2D eigenvalue weighted by Crippen LogP contribution is -2.49. The van der Waals surface area contributed by atoms with Crippen molar-refractivity contribution in [2.45, 2.75) is 44.9 Å². The van der Waals surface area contributed by atoms with E-state index in [9.17, 15) is 14.4 Å². The second-order valence-electron chi connectivity index (χ2n) is 8.46. The van der Waals surface area contributed by atoms with E-state index >= 15 is 0 Å². The number of nitrogens with zero attached hydrogens (tertiary/aromatic N) is 2. The predicted octanol–water partition coefficient (Wildman–Crippen LogP) is 0.960. The quantitative estimate of drug-likeness (QED) is 0.667. The molecule has 8 heteroatoms. The number of aromatic nitrogens is 2. The van der Waals surface area contributed by atoms with Crippen LogP contribution in [0.3, 0.4) is 0 Å². The van der Waals surface area contributed by atoms with Crippen molar-refractivity contribution >= 4 is 17.7 Å². The Morgan fingerprint density at radius 2 is 1.63 bits per heavy atom. The minimum atomic E-state index is -0.559. The highest BCUT2D eigenvalue weighted by Gasteiger charge is 2.51. The first-order chi connectivity index (χ1) is 13.0. The SMILES string of the molecule is O=C(CC12CC3CC(CC(C3)C1)C2)NCC(=O)NNC(=O)c1cnccn1. The summed E-state index contributed by atoms with van der Waals surface area (Å²) >= 11 is 0. The minimum absolute atomic E-state index is 0.0765. The van der Waals surface area contributed by atoms with E-state index in [1.807, 2.05) is 0 Å². The number of amides is 3. The molecule has 4 aliphatic carbocycles. The molecular formula is C19H25N5O3. The fourth-order valence-electron chi connectivity index (χ4n) is 5.74. The third-order valence-electron chi connectivity index (χ3n) is 6.26. The van der Waals surface area contributed by atoms with Crippen molar-refractivity contribution in [2.24, 2.45) is 23.2 Å². The van der Waals surface area contributed by atoms with Crippen LogP contribution in [0.15, 0.2) is 18.6 Å². The number of carbonyl (C=O) groups is 3. The van der Waals surface area contributed by atoms with Crippen LogP contribution in [-0.2, 0) is 9.59 Å². The number of hydrazine groups is 1. The maximum absolute atomic E-state index is 12.4. The van der Waals surface area contributed by atoms with Crippen LogP contribution in [0.2, 0.25) is 0 Å². The van der Waals surface area contributed by atoms with E-state index < -0.39 is 11.8 Å². The summed E-state index contributed by atoms with van der Waals surface area (Å²) in [5, 5.41) is 2.69. The van der Waals surface area contributed by atoms with Gasteiger partial charge in [0.15, 0.2) is 0 Å². The lowest BCUT2D eigenvalue weighted by atomic mass is 9.49. The predicted molar refractivity (Wildman–Crippen MR) is 95.9 cm³/mol. The Hall–Kier alpha value is -2.51. The molecule has 0 radical (unpaired) electrons. The largest absolute Gasteiger partial charge is 0.347 e. The summed E-state index contributed by atoms with van der Waals surface area (Å²) in [5.41, 5.74) is 4.78. The number of rotatable bonds is 5. The Morgan fingerprint density at radius 1 is 0.963 bits per heavy atom. The number of hydrogen-bond acceptors (Lipinski definition) is 5. The van der Waals surface area contributed by atoms with Crippen molar-refractivity contribution in [2.75, 3.05) is 6.54 Å². The zero-order valence-electron chi connectivity index (χ0n) is 15.2. The Morgan fingerprint density at radius 3 is 2.22 bits per heavy atom. The van der Waals surface area contributed by atoms with Gasteiger partial charge in [-0.15, -0.1) is 0 Å². The molecule has 27 heavy (non-hydrogen) atoms. The van der Waals surface area contributed by atoms with Crippen LogP contribution in [0.4, 0.5) is 0 Å². The lowest BCUT2D eigenvalue weighted by Gasteiger charge is -2.56. The van der Waals surface area contributed by atoms with Gasteiger partial charge in [-0.3, -0.25) is 30.2 Å². The molecule has 3 N–H and O–H groups in total. The molecule has 144 valence electrons. The minimum Gasteiger partial charge on any atom is -0.347 e. The maximum Gasteiger partial charge on any atom is 0.289 e. The van der Waals surface area contributed by atoms with Gasteiger partial charge < -0.3 is 5.32 Å². The summed E-state index contributed by atoms with van der Waals surface area (Å²) in [6.07, 6.45) is 12.2. The molecule has 0 saturated heterocycles. The zero-order chi connectivity index (χ0) is 18.9. The Labute approximate surface area is 157 Å². The first-order valence-electron chi connectivity index (χ1n) is 9.63. The average Bonchev–Trinajstić information content (AvgIpc) is 2.63. The molecule has 3 amide bonds. The Kier molecular flexibility index (Phi) is 4.80. The highest BCUT2D eigenvalue weighted by molar-refractivity contribution is 5.94. The molecule has 1 aromatic rings. The van der Waals surface area contributed by atoms with Crippen LogP contribution in [0, 0.1) is 23.2 Å². The second-order valence-corrected chi connectivity index (χ2v) is 8.46. The number of carbonyl (C=O) groups excluding carboxylic acids is 3. The zero-order valence-corrected chi connectivity index (χ0v) is 15.2. The average molecular weight is 371 g/mol. The van der Waals surface area contributed by atoms with Crippen LogP contribution in [-0.4, -0.2) is 34.2 Å². The number of nitrogens with one attached hydrogen (secondary N) is 3. The van der Waals surface area contributed by atoms with Crippen molar-refractivity contribution in [3.05, 3.63) is 24.3 Å². The van der Waals surface area contributed by atoms with Gasteiger partial charge in [-0.2, -0.15) is 0 Å². The van der Waals surface area contributed by atoms with E-state index in [1.54, 1.807) is 0 Å². The summed E-state index contributed by atoms with van der Waals surface area (Å²) in [6.45, 7) is -0.161. The van der Waals surface area contributed by atoms with E-state index in [0.717, 1.165) is 37.0 Å². The molecule has 0 spiro atoms. The van der Waals surface area contributed by atoms with Crippen molar-refractivity contribution < 1.29 is 14.4 Å². The normalized spacial score (nSPS) is 30.6. The smallest absolute Gasteiger partial charge is 0.289 e. The monoisotopic (exact) mass is 371 g/mol. The number of hydrogen-bond donors (Lipinski definition) is 3. The Balaban J connectivity index is 1.20. The summed E-state index contributed by atoms with van der Waals surface area (Å²) in [4.78, 5) is 43.7. The maximum atomic E-state index is 12.4. The van der Waals surface area contributed by atoms with Gasteiger partial charge in [-0.1, -0.05) is 0 Å². The lowest BCUT2D eigenvalue weighted by molar-refractivity contribution is -0.132. The fourth-order valence-corrected chi connectivity index (χ4v) is 5.74. The van der Waals surface area contributed by atoms with Gasteiger partial charge in [0.25, 0.3) is 11.8 Å². The van der Waals surface area contributed by atoms with Gasteiger partial charge in [0.05, 0.1) is 12.7 Å². The highest BCUT2D eigenvalue weighted by atomic mass is 16.2. The molecule has 0 atom stereocenters. The molecule has 5 rings (SSSR count). The van der Waals surface area contributed by atoms with Crippen LogP contribution in [0.5, 0.6) is 0 Å². The summed E-state index contributed by atoms with van der Waals surface area (Å²) in [7, 11) is 0. The third-order valence-corrected chi connectivity index (χ3v) is 6.26. The van der Waals surface area contributed by atoms with Crippen molar-refractivity contribution in [3.8, 4) is 0 Å². The van der Waals surface area contributed by atoms with Crippen LogP contribution in [0.1, 0.15) is 55.4 Å². The third kappa shape index (κ3) is 4.09. The fraction of sp³-hybridized carbons (Fsp3) is 0.632. The summed E-state index contributed by atoms with van der Waals surface area (Å²) < 4.78 is 0.